The summed E-state index contributed by atoms with van der Waals surface area (Å²) in [5, 5.41) is 1.91. The summed E-state index contributed by atoms with van der Waals surface area (Å²) in [7, 11) is 0. The van der Waals surface area contributed by atoms with E-state index in [0.29, 0.717) is 0 Å². The lowest BCUT2D eigenvalue weighted by molar-refractivity contribution is -0.0494. The van der Waals surface area contributed by atoms with Gasteiger partial charge in [-0.15, -0.1) is 11.3 Å². The number of carbonyl (C=O) groups is 1. The van der Waals surface area contributed by atoms with Crippen molar-refractivity contribution in [3.63, 3.8) is 0 Å². The smallest absolute Gasteiger partial charge is 0.254 e. The first kappa shape index (κ1) is 19.5. The molecule has 0 aliphatic carbocycles. The van der Waals surface area contributed by atoms with Crippen LogP contribution in [0.4, 0.5) is 8.78 Å². The summed E-state index contributed by atoms with van der Waals surface area (Å²) in [5.74, 6) is -2.72. The number of fused-ring (bicyclic) bond motifs is 1. The highest BCUT2D eigenvalue weighted by molar-refractivity contribution is 7.10. The first-order valence-corrected chi connectivity index (χ1v) is 10.8. The number of hydrogen-bond donors (Lipinski definition) is 0. The zero-order chi connectivity index (χ0) is 19.7. The summed E-state index contributed by atoms with van der Waals surface area (Å²) < 4.78 is 26.7. The van der Waals surface area contributed by atoms with Crippen molar-refractivity contribution >= 4 is 17.2 Å². The van der Waals surface area contributed by atoms with Gasteiger partial charge in [0, 0.05) is 62.0 Å². The molecular weight excluding hydrogens is 380 g/mol. The molecule has 0 N–H and O–H groups in total. The molecule has 150 valence electrons. The average molecular weight is 406 g/mol. The molecule has 2 aliphatic rings. The maximum absolute atomic E-state index is 13.4. The standard InChI is InChI=1S/C21H25F2N3OS/c1-2-15-3-4-16(24-11-15)12-25-8-5-17-18(14-28-19(17)13-25)20(27)26-9-6-21(22,23)7-10-26/h3-4,11,14H,2,5-10,12-13H2,1H3. The fourth-order valence-electron chi connectivity index (χ4n) is 3.89. The Morgan fingerprint density at radius 3 is 2.71 bits per heavy atom. The van der Waals surface area contributed by atoms with E-state index in [-0.39, 0.29) is 31.8 Å². The minimum atomic E-state index is -2.63. The van der Waals surface area contributed by atoms with Crippen LogP contribution in [0.15, 0.2) is 23.7 Å². The van der Waals surface area contributed by atoms with E-state index in [9.17, 15) is 13.6 Å². The highest BCUT2D eigenvalue weighted by Gasteiger charge is 2.36. The molecule has 0 bridgehead atoms. The normalized spacial score (nSPS) is 19.5. The number of halogens is 2. The average Bonchev–Trinajstić information content (AvgIpc) is 3.11. The van der Waals surface area contributed by atoms with E-state index in [1.165, 1.54) is 10.4 Å². The third-order valence-electron chi connectivity index (χ3n) is 5.72. The number of carbonyl (C=O) groups excluding carboxylic acids is 1. The summed E-state index contributed by atoms with van der Waals surface area (Å²) >= 11 is 1.61. The van der Waals surface area contributed by atoms with Crippen LogP contribution in [-0.2, 0) is 25.9 Å². The Morgan fingerprint density at radius 2 is 2.04 bits per heavy atom. The summed E-state index contributed by atoms with van der Waals surface area (Å²) in [6, 6.07) is 4.21. The molecule has 0 saturated carbocycles. The molecular formula is C21H25F2N3OS. The van der Waals surface area contributed by atoms with E-state index in [2.05, 4.69) is 28.9 Å². The van der Waals surface area contributed by atoms with Crippen molar-refractivity contribution in [3.8, 4) is 0 Å². The van der Waals surface area contributed by atoms with Crippen molar-refractivity contribution in [3.05, 3.63) is 51.0 Å². The van der Waals surface area contributed by atoms with Crippen LogP contribution in [0.1, 0.15) is 51.8 Å². The number of aryl methyl sites for hydroxylation is 1. The second-order valence-electron chi connectivity index (χ2n) is 7.67. The summed E-state index contributed by atoms with van der Waals surface area (Å²) in [6.45, 7) is 4.88. The quantitative estimate of drug-likeness (QED) is 0.767. The van der Waals surface area contributed by atoms with E-state index >= 15 is 0 Å². The highest BCUT2D eigenvalue weighted by Crippen LogP contribution is 2.32. The SMILES string of the molecule is CCc1ccc(CN2CCc3c(C(=O)N4CCC(F)(F)CC4)csc3C2)nc1. The Labute approximate surface area is 168 Å². The lowest BCUT2D eigenvalue weighted by Gasteiger charge is -2.32. The van der Waals surface area contributed by atoms with Crippen molar-refractivity contribution in [2.24, 2.45) is 0 Å². The lowest BCUT2D eigenvalue weighted by Crippen LogP contribution is -2.43. The Bertz CT molecular complexity index is 840. The predicted octanol–water partition coefficient (Wildman–Crippen LogP) is 4.14. The molecule has 0 spiro atoms. The number of thiophene rings is 1. The monoisotopic (exact) mass is 405 g/mol. The van der Waals surface area contributed by atoms with Gasteiger partial charge in [0.05, 0.1) is 11.3 Å². The van der Waals surface area contributed by atoms with Gasteiger partial charge in [0.1, 0.15) is 0 Å². The minimum absolute atomic E-state index is 0.0849. The third kappa shape index (κ3) is 4.10. The molecule has 28 heavy (non-hydrogen) atoms. The number of aromatic nitrogens is 1. The molecule has 0 aromatic carbocycles. The molecule has 2 aliphatic heterocycles. The van der Waals surface area contributed by atoms with Gasteiger partial charge in [0.15, 0.2) is 0 Å². The van der Waals surface area contributed by atoms with Gasteiger partial charge >= 0.3 is 0 Å². The molecule has 1 fully saturated rings. The summed E-state index contributed by atoms with van der Waals surface area (Å²) in [6.07, 6.45) is 3.28. The minimum Gasteiger partial charge on any atom is -0.338 e. The van der Waals surface area contributed by atoms with Gasteiger partial charge in [-0.25, -0.2) is 8.78 Å². The molecule has 0 unspecified atom stereocenters. The van der Waals surface area contributed by atoms with Crippen LogP contribution < -0.4 is 0 Å². The number of alkyl halides is 2. The van der Waals surface area contributed by atoms with Crippen molar-refractivity contribution in [1.29, 1.82) is 0 Å². The van der Waals surface area contributed by atoms with Crippen LogP contribution in [0.5, 0.6) is 0 Å². The second-order valence-corrected chi connectivity index (χ2v) is 8.64. The van der Waals surface area contributed by atoms with Crippen molar-refractivity contribution in [1.82, 2.24) is 14.8 Å². The first-order chi connectivity index (χ1) is 13.4. The maximum Gasteiger partial charge on any atom is 0.254 e. The van der Waals surface area contributed by atoms with Crippen molar-refractivity contribution in [2.45, 2.75) is 51.6 Å². The van der Waals surface area contributed by atoms with E-state index in [0.717, 1.165) is 49.3 Å². The van der Waals surface area contributed by atoms with Gasteiger partial charge in [0.2, 0.25) is 0 Å². The molecule has 4 nitrogen and oxygen atoms in total. The number of piperidine rings is 1. The van der Waals surface area contributed by atoms with E-state index < -0.39 is 5.92 Å². The van der Waals surface area contributed by atoms with Gasteiger partial charge in [-0.05, 0) is 30.0 Å². The Morgan fingerprint density at radius 1 is 1.25 bits per heavy atom. The number of hydrogen-bond acceptors (Lipinski definition) is 4. The molecule has 0 radical (unpaired) electrons. The van der Waals surface area contributed by atoms with Crippen LogP contribution in [0.2, 0.25) is 0 Å². The third-order valence-corrected chi connectivity index (χ3v) is 6.73. The van der Waals surface area contributed by atoms with Crippen LogP contribution >= 0.6 is 11.3 Å². The Balaban J connectivity index is 1.41. The molecule has 0 atom stereocenters. The fourth-order valence-corrected chi connectivity index (χ4v) is 5.00. The predicted molar refractivity (Wildman–Crippen MR) is 106 cm³/mol. The number of pyridine rings is 1. The van der Waals surface area contributed by atoms with Crippen molar-refractivity contribution in [2.75, 3.05) is 19.6 Å². The van der Waals surface area contributed by atoms with Gasteiger partial charge in [0.25, 0.3) is 11.8 Å². The van der Waals surface area contributed by atoms with Gasteiger partial charge < -0.3 is 4.90 Å². The van der Waals surface area contributed by atoms with Crippen molar-refractivity contribution < 1.29 is 13.6 Å². The van der Waals surface area contributed by atoms with Crippen LogP contribution in [0, 0.1) is 0 Å². The number of rotatable bonds is 4. The topological polar surface area (TPSA) is 36.4 Å². The van der Waals surface area contributed by atoms with E-state index in [1.807, 2.05) is 11.6 Å². The van der Waals surface area contributed by atoms with Crippen LogP contribution in [-0.4, -0.2) is 46.2 Å². The first-order valence-electron chi connectivity index (χ1n) is 9.87. The zero-order valence-corrected chi connectivity index (χ0v) is 16.9. The second kappa shape index (κ2) is 7.87. The zero-order valence-electron chi connectivity index (χ0n) is 16.1. The van der Waals surface area contributed by atoms with Gasteiger partial charge in [-0.3, -0.25) is 14.7 Å². The Hall–Kier alpha value is -1.86. The lowest BCUT2D eigenvalue weighted by atomic mass is 10.0. The van der Waals surface area contributed by atoms with Gasteiger partial charge in [-0.2, -0.15) is 0 Å². The molecule has 4 heterocycles. The van der Waals surface area contributed by atoms with Crippen LogP contribution in [0.3, 0.4) is 0 Å². The maximum atomic E-state index is 13.4. The fraction of sp³-hybridized carbons (Fsp3) is 0.524. The van der Waals surface area contributed by atoms with Gasteiger partial charge in [-0.1, -0.05) is 13.0 Å². The number of likely N-dealkylation sites (tertiary alicyclic amines) is 1. The van der Waals surface area contributed by atoms with E-state index in [4.69, 9.17) is 0 Å². The summed E-state index contributed by atoms with van der Waals surface area (Å²) in [4.78, 5) is 22.5. The summed E-state index contributed by atoms with van der Waals surface area (Å²) in [5.41, 5.74) is 4.12. The molecule has 2 aromatic rings. The number of nitrogens with zero attached hydrogens (tertiary/aromatic N) is 3. The Kier molecular flexibility index (Phi) is 5.47. The molecule has 1 saturated heterocycles. The molecule has 1 amide bonds. The highest BCUT2D eigenvalue weighted by atomic mass is 32.1. The van der Waals surface area contributed by atoms with E-state index in [1.54, 1.807) is 16.2 Å². The molecule has 4 rings (SSSR count). The molecule has 2 aromatic heterocycles. The van der Waals surface area contributed by atoms with Crippen LogP contribution in [0.25, 0.3) is 0 Å². The molecule has 7 heteroatoms. The largest absolute Gasteiger partial charge is 0.338 e. The number of amides is 1.